The summed E-state index contributed by atoms with van der Waals surface area (Å²) in [6, 6.07) is 0. The summed E-state index contributed by atoms with van der Waals surface area (Å²) in [4.78, 5) is 4.83. The average molecular weight is 244 g/mol. The van der Waals surface area contributed by atoms with Crippen LogP contribution >= 0.6 is 0 Å². The van der Waals surface area contributed by atoms with Gasteiger partial charge in [-0.3, -0.25) is 9.80 Å². The fourth-order valence-electron chi connectivity index (χ4n) is 2.27. The summed E-state index contributed by atoms with van der Waals surface area (Å²) >= 11 is 0. The van der Waals surface area contributed by atoms with E-state index in [1.54, 1.807) is 7.11 Å². The van der Waals surface area contributed by atoms with Crippen LogP contribution in [0.1, 0.15) is 33.6 Å². The first-order chi connectivity index (χ1) is 8.22. The summed E-state index contributed by atoms with van der Waals surface area (Å²) in [5, 5.41) is 0. The standard InChI is InChI=1S/C13H28N2O2/c1-5-11-17-13(6-2)15-9-7-14(8-10-15)12(3)16-4/h12-13H,5-11H2,1-4H3. The van der Waals surface area contributed by atoms with Crippen molar-refractivity contribution in [1.29, 1.82) is 0 Å². The van der Waals surface area contributed by atoms with Crippen molar-refractivity contribution in [2.45, 2.75) is 46.1 Å². The largest absolute Gasteiger partial charge is 0.367 e. The van der Waals surface area contributed by atoms with Gasteiger partial charge in [0.15, 0.2) is 0 Å². The third-order valence-electron chi connectivity index (χ3n) is 3.48. The Morgan fingerprint density at radius 3 is 2.12 bits per heavy atom. The zero-order valence-electron chi connectivity index (χ0n) is 11.8. The maximum Gasteiger partial charge on any atom is 0.110 e. The first-order valence-corrected chi connectivity index (χ1v) is 6.85. The molecular weight excluding hydrogens is 216 g/mol. The van der Waals surface area contributed by atoms with E-state index in [4.69, 9.17) is 9.47 Å². The highest BCUT2D eigenvalue weighted by atomic mass is 16.5. The normalized spacial score (nSPS) is 22.6. The number of hydrogen-bond donors (Lipinski definition) is 0. The highest BCUT2D eigenvalue weighted by Gasteiger charge is 2.25. The Morgan fingerprint density at radius 2 is 1.65 bits per heavy atom. The van der Waals surface area contributed by atoms with E-state index >= 15 is 0 Å². The van der Waals surface area contributed by atoms with Crippen LogP contribution in [0.2, 0.25) is 0 Å². The van der Waals surface area contributed by atoms with E-state index in [2.05, 4.69) is 30.6 Å². The maximum absolute atomic E-state index is 5.88. The van der Waals surface area contributed by atoms with E-state index in [-0.39, 0.29) is 6.23 Å². The van der Waals surface area contributed by atoms with Gasteiger partial charge in [-0.1, -0.05) is 13.8 Å². The van der Waals surface area contributed by atoms with Crippen LogP contribution in [0.5, 0.6) is 0 Å². The molecule has 0 aromatic rings. The van der Waals surface area contributed by atoms with Crippen molar-refractivity contribution >= 4 is 0 Å². The summed E-state index contributed by atoms with van der Waals surface area (Å²) in [5.41, 5.74) is 0. The summed E-state index contributed by atoms with van der Waals surface area (Å²) in [6.45, 7) is 11.6. The predicted octanol–water partition coefficient (Wildman–Crippen LogP) is 1.76. The molecule has 2 atom stereocenters. The second-order valence-corrected chi connectivity index (χ2v) is 4.64. The van der Waals surface area contributed by atoms with Crippen molar-refractivity contribution in [1.82, 2.24) is 9.80 Å². The quantitative estimate of drug-likeness (QED) is 0.681. The molecule has 0 aromatic heterocycles. The van der Waals surface area contributed by atoms with Gasteiger partial charge in [-0.15, -0.1) is 0 Å². The number of rotatable bonds is 7. The van der Waals surface area contributed by atoms with Gasteiger partial charge >= 0.3 is 0 Å². The summed E-state index contributed by atoms with van der Waals surface area (Å²) in [7, 11) is 1.77. The van der Waals surface area contributed by atoms with Crippen molar-refractivity contribution in [2.75, 3.05) is 39.9 Å². The maximum atomic E-state index is 5.88. The lowest BCUT2D eigenvalue weighted by Crippen LogP contribution is -2.53. The van der Waals surface area contributed by atoms with Crippen molar-refractivity contribution in [3.63, 3.8) is 0 Å². The molecule has 2 unspecified atom stereocenters. The molecule has 0 aliphatic carbocycles. The molecule has 0 radical (unpaired) electrons. The van der Waals surface area contributed by atoms with Gasteiger partial charge in [0.25, 0.3) is 0 Å². The van der Waals surface area contributed by atoms with E-state index in [1.165, 1.54) is 0 Å². The lowest BCUT2D eigenvalue weighted by atomic mass is 10.2. The molecule has 17 heavy (non-hydrogen) atoms. The van der Waals surface area contributed by atoms with Gasteiger partial charge in [0, 0.05) is 39.9 Å². The second-order valence-electron chi connectivity index (χ2n) is 4.64. The van der Waals surface area contributed by atoms with Crippen LogP contribution in [-0.4, -0.2) is 62.2 Å². The number of ether oxygens (including phenoxy) is 2. The van der Waals surface area contributed by atoms with Crippen molar-refractivity contribution in [3.8, 4) is 0 Å². The SMILES string of the molecule is CCCOC(CC)N1CCN(C(C)OC)CC1. The Labute approximate surface area is 106 Å². The first-order valence-electron chi connectivity index (χ1n) is 6.85. The topological polar surface area (TPSA) is 24.9 Å². The minimum atomic E-state index is 0.230. The number of methoxy groups -OCH3 is 1. The molecule has 0 bridgehead atoms. The molecule has 102 valence electrons. The third-order valence-corrected chi connectivity index (χ3v) is 3.48. The number of piperazine rings is 1. The fourth-order valence-corrected chi connectivity index (χ4v) is 2.27. The van der Waals surface area contributed by atoms with Gasteiger partial charge in [-0.05, 0) is 19.8 Å². The molecule has 4 heteroatoms. The van der Waals surface area contributed by atoms with Crippen LogP contribution in [0.15, 0.2) is 0 Å². The zero-order valence-corrected chi connectivity index (χ0v) is 11.8. The Bertz CT molecular complexity index is 194. The Morgan fingerprint density at radius 1 is 1.06 bits per heavy atom. The predicted molar refractivity (Wildman–Crippen MR) is 69.9 cm³/mol. The van der Waals surface area contributed by atoms with Crippen molar-refractivity contribution in [3.05, 3.63) is 0 Å². The van der Waals surface area contributed by atoms with Crippen LogP contribution in [0.4, 0.5) is 0 Å². The second kappa shape index (κ2) is 8.03. The van der Waals surface area contributed by atoms with Gasteiger partial charge in [0.2, 0.25) is 0 Å². The summed E-state index contributed by atoms with van der Waals surface area (Å²) < 4.78 is 11.2. The van der Waals surface area contributed by atoms with E-state index in [0.717, 1.165) is 45.6 Å². The van der Waals surface area contributed by atoms with Crippen LogP contribution in [0, 0.1) is 0 Å². The molecule has 1 aliphatic rings. The molecule has 4 nitrogen and oxygen atoms in total. The molecule has 1 heterocycles. The fraction of sp³-hybridized carbons (Fsp3) is 1.00. The van der Waals surface area contributed by atoms with E-state index in [0.29, 0.717) is 6.23 Å². The smallest absolute Gasteiger partial charge is 0.110 e. The first kappa shape index (κ1) is 14.9. The third kappa shape index (κ3) is 4.54. The van der Waals surface area contributed by atoms with Crippen LogP contribution < -0.4 is 0 Å². The molecule has 0 amide bonds. The molecular formula is C13H28N2O2. The molecule has 1 aliphatic heterocycles. The molecule has 1 saturated heterocycles. The van der Waals surface area contributed by atoms with Gasteiger partial charge in [0.1, 0.15) is 12.5 Å². The number of nitrogens with zero attached hydrogens (tertiary/aromatic N) is 2. The van der Waals surface area contributed by atoms with Gasteiger partial charge in [0.05, 0.1) is 0 Å². The van der Waals surface area contributed by atoms with E-state index in [1.807, 2.05) is 0 Å². The van der Waals surface area contributed by atoms with Gasteiger partial charge in [-0.2, -0.15) is 0 Å². The van der Waals surface area contributed by atoms with Gasteiger partial charge in [-0.25, -0.2) is 0 Å². The van der Waals surface area contributed by atoms with Crippen LogP contribution in [-0.2, 0) is 9.47 Å². The molecule has 1 rings (SSSR count). The zero-order chi connectivity index (χ0) is 12.7. The van der Waals surface area contributed by atoms with Gasteiger partial charge < -0.3 is 9.47 Å². The minimum absolute atomic E-state index is 0.230. The van der Waals surface area contributed by atoms with E-state index in [9.17, 15) is 0 Å². The minimum Gasteiger partial charge on any atom is -0.367 e. The lowest BCUT2D eigenvalue weighted by molar-refractivity contribution is -0.102. The molecule has 0 saturated carbocycles. The summed E-state index contributed by atoms with van der Waals surface area (Å²) in [6.07, 6.45) is 2.69. The highest BCUT2D eigenvalue weighted by Crippen LogP contribution is 2.12. The Hall–Kier alpha value is -0.160. The number of hydrogen-bond acceptors (Lipinski definition) is 4. The van der Waals surface area contributed by atoms with Crippen molar-refractivity contribution in [2.24, 2.45) is 0 Å². The highest BCUT2D eigenvalue weighted by molar-refractivity contribution is 4.74. The molecule has 0 aromatic carbocycles. The molecule has 0 N–H and O–H groups in total. The lowest BCUT2D eigenvalue weighted by Gasteiger charge is -2.40. The average Bonchev–Trinajstić information content (AvgIpc) is 2.39. The Balaban J connectivity index is 2.33. The Kier molecular flexibility index (Phi) is 7.04. The van der Waals surface area contributed by atoms with E-state index < -0.39 is 0 Å². The van der Waals surface area contributed by atoms with Crippen LogP contribution in [0.25, 0.3) is 0 Å². The molecule has 1 fully saturated rings. The molecule has 0 spiro atoms. The van der Waals surface area contributed by atoms with Crippen molar-refractivity contribution < 1.29 is 9.47 Å². The monoisotopic (exact) mass is 244 g/mol. The van der Waals surface area contributed by atoms with Crippen LogP contribution in [0.3, 0.4) is 0 Å². The summed E-state index contributed by atoms with van der Waals surface area (Å²) in [5.74, 6) is 0.